The molecule has 0 saturated heterocycles. The van der Waals surface area contributed by atoms with Gasteiger partial charge in [0.25, 0.3) is 0 Å². The second-order valence-electron chi connectivity index (χ2n) is 5.09. The summed E-state index contributed by atoms with van der Waals surface area (Å²) >= 11 is 6.13. The number of hydrogen-bond acceptors (Lipinski definition) is 1. The molecule has 0 amide bonds. The maximum absolute atomic E-state index is 6.13. The first-order valence-electron chi connectivity index (χ1n) is 6.92. The van der Waals surface area contributed by atoms with Gasteiger partial charge in [0.2, 0.25) is 0 Å². The molecule has 102 valence electrons. The number of imidazole rings is 1. The Kier molecular flexibility index (Phi) is 3.49. The van der Waals surface area contributed by atoms with Crippen LogP contribution in [0, 0.1) is 6.92 Å². The molecular weight excluding hydrogens is 268 g/mol. The third kappa shape index (κ3) is 2.32. The first-order valence-corrected chi connectivity index (χ1v) is 7.29. The molecule has 2 aromatic carbocycles. The minimum Gasteiger partial charge on any atom is -0.324 e. The van der Waals surface area contributed by atoms with Gasteiger partial charge in [-0.05, 0) is 37.6 Å². The molecule has 1 aromatic heterocycles. The molecule has 0 N–H and O–H groups in total. The Labute approximate surface area is 124 Å². The zero-order valence-corrected chi connectivity index (χ0v) is 12.5. The van der Waals surface area contributed by atoms with Crippen LogP contribution in [0.4, 0.5) is 0 Å². The van der Waals surface area contributed by atoms with Crippen LogP contribution in [-0.4, -0.2) is 9.55 Å². The smallest absolute Gasteiger partial charge is 0.141 e. The lowest BCUT2D eigenvalue weighted by Crippen LogP contribution is -1.99. The van der Waals surface area contributed by atoms with Gasteiger partial charge in [-0.25, -0.2) is 4.98 Å². The number of fused-ring (bicyclic) bond motifs is 1. The molecule has 0 aliphatic carbocycles. The van der Waals surface area contributed by atoms with Crippen LogP contribution in [0.2, 0.25) is 5.02 Å². The van der Waals surface area contributed by atoms with Crippen molar-refractivity contribution in [2.45, 2.75) is 26.8 Å². The predicted octanol–water partition coefficient (Wildman–Crippen LogP) is 5.08. The van der Waals surface area contributed by atoms with Gasteiger partial charge < -0.3 is 4.57 Å². The maximum atomic E-state index is 6.13. The molecule has 3 heteroatoms. The normalized spacial score (nSPS) is 11.2. The summed E-state index contributed by atoms with van der Waals surface area (Å²) in [5, 5.41) is 0.755. The molecule has 20 heavy (non-hydrogen) atoms. The molecule has 0 bridgehead atoms. The number of rotatable bonds is 3. The highest BCUT2D eigenvalue weighted by Gasteiger charge is 2.12. The average Bonchev–Trinajstić information content (AvgIpc) is 2.78. The van der Waals surface area contributed by atoms with Crippen LogP contribution in [0.15, 0.2) is 42.5 Å². The van der Waals surface area contributed by atoms with Crippen molar-refractivity contribution in [1.29, 1.82) is 0 Å². The number of hydrogen-bond donors (Lipinski definition) is 0. The van der Waals surface area contributed by atoms with E-state index in [9.17, 15) is 0 Å². The Hall–Kier alpha value is -1.80. The SMILES string of the molecule is CCCn1c(-c2cccc(C)c2)nc2ccc(Cl)cc21. The minimum atomic E-state index is 0.755. The van der Waals surface area contributed by atoms with E-state index in [1.165, 1.54) is 5.56 Å². The fraction of sp³-hybridized carbons (Fsp3) is 0.235. The van der Waals surface area contributed by atoms with Gasteiger partial charge in [0.15, 0.2) is 0 Å². The number of nitrogens with zero attached hydrogens (tertiary/aromatic N) is 2. The highest BCUT2D eigenvalue weighted by atomic mass is 35.5. The summed E-state index contributed by atoms with van der Waals surface area (Å²) in [4.78, 5) is 4.79. The molecule has 0 atom stereocenters. The minimum absolute atomic E-state index is 0.755. The van der Waals surface area contributed by atoms with E-state index in [4.69, 9.17) is 16.6 Å². The van der Waals surface area contributed by atoms with Crippen LogP contribution >= 0.6 is 11.6 Å². The van der Waals surface area contributed by atoms with Crippen molar-refractivity contribution in [2.24, 2.45) is 0 Å². The topological polar surface area (TPSA) is 17.8 Å². The van der Waals surface area contributed by atoms with Crippen molar-refractivity contribution in [3.05, 3.63) is 53.1 Å². The van der Waals surface area contributed by atoms with Crippen LogP contribution in [0.3, 0.4) is 0 Å². The summed E-state index contributed by atoms with van der Waals surface area (Å²) in [6.45, 7) is 5.23. The standard InChI is InChI=1S/C17H17ClN2/c1-3-9-20-16-11-14(18)7-8-15(16)19-17(20)13-6-4-5-12(2)10-13/h4-8,10-11H,3,9H2,1-2H3. The molecule has 0 saturated carbocycles. The maximum Gasteiger partial charge on any atom is 0.141 e. The van der Waals surface area contributed by atoms with Gasteiger partial charge in [-0.15, -0.1) is 0 Å². The second kappa shape index (κ2) is 5.29. The number of aryl methyl sites for hydroxylation is 2. The molecule has 0 radical (unpaired) electrons. The van der Waals surface area contributed by atoms with E-state index in [0.717, 1.165) is 40.4 Å². The molecule has 1 heterocycles. The van der Waals surface area contributed by atoms with Gasteiger partial charge in [0.05, 0.1) is 11.0 Å². The Balaban J connectivity index is 2.26. The zero-order chi connectivity index (χ0) is 14.1. The van der Waals surface area contributed by atoms with E-state index >= 15 is 0 Å². The van der Waals surface area contributed by atoms with Crippen LogP contribution in [0.5, 0.6) is 0 Å². The summed E-state index contributed by atoms with van der Waals surface area (Å²) < 4.78 is 2.26. The lowest BCUT2D eigenvalue weighted by atomic mass is 10.1. The van der Waals surface area contributed by atoms with Crippen LogP contribution in [-0.2, 0) is 6.54 Å². The molecule has 0 aliphatic heterocycles. The zero-order valence-electron chi connectivity index (χ0n) is 11.7. The largest absolute Gasteiger partial charge is 0.324 e. The Morgan fingerprint density at radius 3 is 2.75 bits per heavy atom. The lowest BCUT2D eigenvalue weighted by molar-refractivity contribution is 0.704. The van der Waals surface area contributed by atoms with E-state index in [1.807, 2.05) is 18.2 Å². The Bertz CT molecular complexity index is 759. The van der Waals surface area contributed by atoms with E-state index in [1.54, 1.807) is 0 Å². The fourth-order valence-corrected chi connectivity index (χ4v) is 2.72. The first-order chi connectivity index (χ1) is 9.69. The van der Waals surface area contributed by atoms with Crippen molar-refractivity contribution in [3.63, 3.8) is 0 Å². The van der Waals surface area contributed by atoms with Gasteiger partial charge in [0.1, 0.15) is 5.82 Å². The third-order valence-electron chi connectivity index (χ3n) is 3.43. The number of benzene rings is 2. The molecule has 3 aromatic rings. The van der Waals surface area contributed by atoms with Crippen molar-refractivity contribution in [2.75, 3.05) is 0 Å². The van der Waals surface area contributed by atoms with E-state index in [2.05, 4.69) is 42.7 Å². The molecule has 3 rings (SSSR count). The van der Waals surface area contributed by atoms with E-state index < -0.39 is 0 Å². The molecule has 0 fully saturated rings. The van der Waals surface area contributed by atoms with Crippen LogP contribution in [0.1, 0.15) is 18.9 Å². The lowest BCUT2D eigenvalue weighted by Gasteiger charge is -2.08. The molecule has 0 aliphatic rings. The highest BCUT2D eigenvalue weighted by Crippen LogP contribution is 2.27. The summed E-state index contributed by atoms with van der Waals surface area (Å²) in [7, 11) is 0. The molecule has 0 unspecified atom stereocenters. The van der Waals surface area contributed by atoms with Gasteiger partial charge >= 0.3 is 0 Å². The fourth-order valence-electron chi connectivity index (χ4n) is 2.55. The van der Waals surface area contributed by atoms with Gasteiger partial charge in [-0.3, -0.25) is 0 Å². The van der Waals surface area contributed by atoms with Gasteiger partial charge in [-0.2, -0.15) is 0 Å². The van der Waals surface area contributed by atoms with Crippen molar-refractivity contribution >= 4 is 22.6 Å². The van der Waals surface area contributed by atoms with Crippen molar-refractivity contribution in [3.8, 4) is 11.4 Å². The predicted molar refractivity (Wildman–Crippen MR) is 85.2 cm³/mol. The quantitative estimate of drug-likeness (QED) is 0.656. The number of halogens is 1. The molecule has 2 nitrogen and oxygen atoms in total. The summed E-state index contributed by atoms with van der Waals surface area (Å²) in [6, 6.07) is 14.4. The summed E-state index contributed by atoms with van der Waals surface area (Å²) in [6.07, 6.45) is 1.07. The van der Waals surface area contributed by atoms with Crippen molar-refractivity contribution in [1.82, 2.24) is 9.55 Å². The van der Waals surface area contributed by atoms with Gasteiger partial charge in [0, 0.05) is 17.1 Å². The van der Waals surface area contributed by atoms with Crippen LogP contribution in [0.25, 0.3) is 22.4 Å². The summed E-state index contributed by atoms with van der Waals surface area (Å²) in [5.74, 6) is 1.02. The highest BCUT2D eigenvalue weighted by molar-refractivity contribution is 6.31. The monoisotopic (exact) mass is 284 g/mol. The second-order valence-corrected chi connectivity index (χ2v) is 5.53. The van der Waals surface area contributed by atoms with E-state index in [0.29, 0.717) is 0 Å². The molecule has 0 spiro atoms. The van der Waals surface area contributed by atoms with Gasteiger partial charge in [-0.1, -0.05) is 42.3 Å². The third-order valence-corrected chi connectivity index (χ3v) is 3.67. The number of aromatic nitrogens is 2. The average molecular weight is 285 g/mol. The van der Waals surface area contributed by atoms with Crippen molar-refractivity contribution < 1.29 is 0 Å². The van der Waals surface area contributed by atoms with Crippen LogP contribution < -0.4 is 0 Å². The summed E-state index contributed by atoms with van der Waals surface area (Å²) in [5.41, 5.74) is 4.51. The Morgan fingerprint density at radius 1 is 1.15 bits per heavy atom. The first kappa shape index (κ1) is 13.2. The molecular formula is C17H17ClN2. The Morgan fingerprint density at radius 2 is 2.00 bits per heavy atom. The van der Waals surface area contributed by atoms with E-state index in [-0.39, 0.29) is 0 Å².